The normalized spacial score (nSPS) is 10.0. The smallest absolute Gasteiger partial charge is 0.339 e. The summed E-state index contributed by atoms with van der Waals surface area (Å²) in [6.07, 6.45) is 0.174. The molecule has 0 bridgehead atoms. The number of rotatable bonds is 3. The van der Waals surface area contributed by atoms with Gasteiger partial charge < -0.3 is 10.2 Å². The van der Waals surface area contributed by atoms with Crippen molar-refractivity contribution in [1.82, 2.24) is 0 Å². The van der Waals surface area contributed by atoms with Crippen LogP contribution in [0, 0.1) is 0 Å². The molecule has 0 unspecified atom stereocenters. The van der Waals surface area contributed by atoms with E-state index in [1.165, 1.54) is 6.07 Å². The summed E-state index contributed by atoms with van der Waals surface area (Å²) >= 11 is 5.64. The Labute approximate surface area is 91.1 Å². The number of Topliss-reactive ketones (excluding diaryl/α,β-unsaturated/α-hetero) is 1. The van der Waals surface area contributed by atoms with Gasteiger partial charge in [0.05, 0.1) is 5.56 Å². The Kier molecular flexibility index (Phi) is 3.31. The maximum absolute atomic E-state index is 11.3. The highest BCUT2D eigenvalue weighted by Crippen LogP contribution is 2.28. The number of phenols is 1. The standard InChI is InChI=1S/C10H9ClO4/c1-2-8(12)6-3-5(11)4-7(9(6)13)10(14)15/h3-4,13H,2H2,1H3,(H,14,15). The zero-order chi connectivity index (χ0) is 11.6. The molecule has 0 aliphatic heterocycles. The Morgan fingerprint density at radius 3 is 2.33 bits per heavy atom. The van der Waals surface area contributed by atoms with Gasteiger partial charge in [0, 0.05) is 11.4 Å². The van der Waals surface area contributed by atoms with Crippen molar-refractivity contribution in [3.05, 3.63) is 28.3 Å². The van der Waals surface area contributed by atoms with E-state index in [1.807, 2.05) is 0 Å². The first-order chi connectivity index (χ1) is 6.97. The minimum Gasteiger partial charge on any atom is -0.506 e. The van der Waals surface area contributed by atoms with Crippen LogP contribution >= 0.6 is 11.6 Å². The third kappa shape index (κ3) is 2.27. The molecule has 0 heterocycles. The van der Waals surface area contributed by atoms with E-state index in [9.17, 15) is 14.7 Å². The Morgan fingerprint density at radius 1 is 1.33 bits per heavy atom. The lowest BCUT2D eigenvalue weighted by Gasteiger charge is -2.06. The average Bonchev–Trinajstić information content (AvgIpc) is 2.19. The first-order valence-corrected chi connectivity index (χ1v) is 4.64. The molecule has 80 valence electrons. The van der Waals surface area contributed by atoms with Gasteiger partial charge in [-0.25, -0.2) is 4.79 Å². The van der Waals surface area contributed by atoms with Crippen molar-refractivity contribution >= 4 is 23.4 Å². The number of hydrogen-bond acceptors (Lipinski definition) is 3. The van der Waals surface area contributed by atoms with Crippen molar-refractivity contribution in [2.24, 2.45) is 0 Å². The minimum atomic E-state index is -1.32. The van der Waals surface area contributed by atoms with Gasteiger partial charge >= 0.3 is 5.97 Å². The Morgan fingerprint density at radius 2 is 1.87 bits per heavy atom. The van der Waals surface area contributed by atoms with E-state index in [2.05, 4.69) is 0 Å². The second-order valence-corrected chi connectivity index (χ2v) is 3.37. The summed E-state index contributed by atoms with van der Waals surface area (Å²) in [6.45, 7) is 1.61. The molecule has 0 aliphatic carbocycles. The second-order valence-electron chi connectivity index (χ2n) is 2.93. The lowest BCUT2D eigenvalue weighted by molar-refractivity contribution is 0.0693. The number of aromatic carboxylic acids is 1. The van der Waals surface area contributed by atoms with Crippen molar-refractivity contribution in [2.45, 2.75) is 13.3 Å². The van der Waals surface area contributed by atoms with Crippen molar-refractivity contribution in [1.29, 1.82) is 0 Å². The van der Waals surface area contributed by atoms with Crippen LogP contribution in [0.25, 0.3) is 0 Å². The monoisotopic (exact) mass is 228 g/mol. The lowest BCUT2D eigenvalue weighted by Crippen LogP contribution is -2.03. The molecular formula is C10H9ClO4. The van der Waals surface area contributed by atoms with Gasteiger partial charge in [-0.1, -0.05) is 18.5 Å². The van der Waals surface area contributed by atoms with E-state index in [4.69, 9.17) is 16.7 Å². The van der Waals surface area contributed by atoms with Gasteiger partial charge in [0.15, 0.2) is 5.78 Å². The molecule has 2 N–H and O–H groups in total. The molecule has 15 heavy (non-hydrogen) atoms. The minimum absolute atomic E-state index is 0.0533. The van der Waals surface area contributed by atoms with E-state index in [1.54, 1.807) is 6.92 Å². The molecule has 1 aromatic carbocycles. The Balaban J connectivity index is 3.41. The number of benzene rings is 1. The van der Waals surface area contributed by atoms with Gasteiger partial charge in [-0.3, -0.25) is 4.79 Å². The maximum Gasteiger partial charge on any atom is 0.339 e. The molecule has 0 radical (unpaired) electrons. The van der Waals surface area contributed by atoms with E-state index < -0.39 is 11.7 Å². The highest BCUT2D eigenvalue weighted by Gasteiger charge is 2.18. The number of carboxylic acids is 1. The molecule has 0 spiro atoms. The molecule has 1 rings (SSSR count). The van der Waals surface area contributed by atoms with Crippen LogP contribution in [0.2, 0.25) is 5.02 Å². The van der Waals surface area contributed by atoms with Gasteiger partial charge in [-0.2, -0.15) is 0 Å². The number of carboxylic acid groups (broad SMARTS) is 1. The Bertz CT molecular complexity index is 426. The lowest BCUT2D eigenvalue weighted by atomic mass is 10.0. The highest BCUT2D eigenvalue weighted by molar-refractivity contribution is 6.31. The van der Waals surface area contributed by atoms with Gasteiger partial charge in [-0.15, -0.1) is 0 Å². The SMILES string of the molecule is CCC(=O)c1cc(Cl)cc(C(=O)O)c1O. The topological polar surface area (TPSA) is 74.6 Å². The summed E-state index contributed by atoms with van der Waals surface area (Å²) in [6, 6.07) is 2.36. The molecule has 0 saturated carbocycles. The molecule has 0 atom stereocenters. The van der Waals surface area contributed by atoms with Crippen LogP contribution in [-0.4, -0.2) is 22.0 Å². The predicted molar refractivity (Wildman–Crippen MR) is 54.7 cm³/mol. The highest BCUT2D eigenvalue weighted by atomic mass is 35.5. The van der Waals surface area contributed by atoms with E-state index >= 15 is 0 Å². The zero-order valence-corrected chi connectivity index (χ0v) is 8.71. The van der Waals surface area contributed by atoms with Crippen LogP contribution in [0.15, 0.2) is 12.1 Å². The third-order valence-corrected chi connectivity index (χ3v) is 2.14. The molecule has 0 aromatic heterocycles. The number of ketones is 1. The fraction of sp³-hybridized carbons (Fsp3) is 0.200. The van der Waals surface area contributed by atoms with Crippen molar-refractivity contribution in [3.63, 3.8) is 0 Å². The van der Waals surface area contributed by atoms with Crippen LogP contribution in [0.1, 0.15) is 34.1 Å². The first-order valence-electron chi connectivity index (χ1n) is 4.26. The largest absolute Gasteiger partial charge is 0.506 e. The molecule has 0 saturated heterocycles. The molecule has 0 aliphatic rings. The Hall–Kier alpha value is -1.55. The van der Waals surface area contributed by atoms with Crippen molar-refractivity contribution < 1.29 is 19.8 Å². The van der Waals surface area contributed by atoms with Gasteiger partial charge in [0.25, 0.3) is 0 Å². The summed E-state index contributed by atoms with van der Waals surface area (Å²) < 4.78 is 0. The predicted octanol–water partition coefficient (Wildman–Crippen LogP) is 2.34. The number of halogens is 1. The zero-order valence-electron chi connectivity index (χ0n) is 7.95. The van der Waals surface area contributed by atoms with Crippen molar-refractivity contribution in [2.75, 3.05) is 0 Å². The average molecular weight is 229 g/mol. The van der Waals surface area contributed by atoms with Crippen LogP contribution < -0.4 is 0 Å². The quantitative estimate of drug-likeness (QED) is 0.779. The molecule has 4 nitrogen and oxygen atoms in total. The van der Waals surface area contributed by atoms with Gasteiger partial charge in [-0.05, 0) is 12.1 Å². The second kappa shape index (κ2) is 4.31. The number of hydrogen-bond donors (Lipinski definition) is 2. The van der Waals surface area contributed by atoms with Crippen LogP contribution in [0.4, 0.5) is 0 Å². The molecular weight excluding hydrogens is 220 g/mol. The van der Waals surface area contributed by atoms with Gasteiger partial charge in [0.1, 0.15) is 11.3 Å². The van der Waals surface area contributed by atoms with Crippen molar-refractivity contribution in [3.8, 4) is 5.75 Å². The summed E-state index contributed by atoms with van der Waals surface area (Å²) in [4.78, 5) is 22.1. The van der Waals surface area contributed by atoms with E-state index in [0.29, 0.717) is 0 Å². The molecule has 5 heteroatoms. The number of carbonyl (C=O) groups is 2. The number of carbonyl (C=O) groups excluding carboxylic acids is 1. The van der Waals surface area contributed by atoms with Crippen LogP contribution in [0.5, 0.6) is 5.75 Å². The summed E-state index contributed by atoms with van der Waals surface area (Å²) in [7, 11) is 0. The molecule has 0 fully saturated rings. The third-order valence-electron chi connectivity index (χ3n) is 1.93. The number of aromatic hydroxyl groups is 1. The fourth-order valence-electron chi connectivity index (χ4n) is 1.17. The van der Waals surface area contributed by atoms with Crippen LogP contribution in [0.3, 0.4) is 0 Å². The molecule has 1 aromatic rings. The summed E-state index contributed by atoms with van der Waals surface area (Å²) in [5, 5.41) is 18.4. The summed E-state index contributed by atoms with van der Waals surface area (Å²) in [5.74, 6) is -2.20. The molecule has 0 amide bonds. The van der Waals surface area contributed by atoms with E-state index in [-0.39, 0.29) is 28.4 Å². The van der Waals surface area contributed by atoms with Crippen LogP contribution in [-0.2, 0) is 0 Å². The first kappa shape index (κ1) is 11.5. The maximum atomic E-state index is 11.3. The fourth-order valence-corrected chi connectivity index (χ4v) is 1.38. The summed E-state index contributed by atoms with van der Waals surface area (Å²) in [5.41, 5.74) is -0.415. The van der Waals surface area contributed by atoms with Gasteiger partial charge in [0.2, 0.25) is 0 Å². The van der Waals surface area contributed by atoms with E-state index in [0.717, 1.165) is 6.07 Å².